The third kappa shape index (κ3) is 6.24. The fourth-order valence-corrected chi connectivity index (χ4v) is 5.78. The predicted octanol–water partition coefficient (Wildman–Crippen LogP) is 5.45. The number of carbonyl (C=O) groups excluding carboxylic acids is 1. The molecule has 1 aromatic carbocycles. The zero-order valence-corrected chi connectivity index (χ0v) is 20.7. The molecule has 2 atom stereocenters. The lowest BCUT2D eigenvalue weighted by Crippen LogP contribution is -2.14. The Balaban J connectivity index is 1.57. The molecule has 4 aromatic rings. The summed E-state index contributed by atoms with van der Waals surface area (Å²) in [6.45, 7) is 2.05. The van der Waals surface area contributed by atoms with Gasteiger partial charge < -0.3 is 10.1 Å². The van der Waals surface area contributed by atoms with Gasteiger partial charge in [-0.2, -0.15) is 0 Å². The van der Waals surface area contributed by atoms with E-state index < -0.39 is 17.2 Å². The molecule has 1 unspecified atom stereocenters. The second-order valence-electron chi connectivity index (χ2n) is 6.76. The highest BCUT2D eigenvalue weighted by Crippen LogP contribution is 2.32. The van der Waals surface area contributed by atoms with Gasteiger partial charge in [0.15, 0.2) is 10.8 Å². The first-order valence-corrected chi connectivity index (χ1v) is 13.6. The van der Waals surface area contributed by atoms with Crippen molar-refractivity contribution in [2.75, 3.05) is 16.6 Å². The van der Waals surface area contributed by atoms with Crippen molar-refractivity contribution in [3.63, 3.8) is 0 Å². The highest BCUT2D eigenvalue weighted by atomic mass is 32.2. The molecule has 0 saturated carbocycles. The van der Waals surface area contributed by atoms with Crippen molar-refractivity contribution in [1.82, 2.24) is 9.97 Å². The second-order valence-corrected chi connectivity index (χ2v) is 10.1. The number of thiophene rings is 1. The van der Waals surface area contributed by atoms with E-state index in [-0.39, 0.29) is 11.7 Å². The number of hydrogen-bond acceptors (Lipinski definition) is 9. The molecule has 0 aliphatic carbocycles. The molecule has 0 spiro atoms. The van der Waals surface area contributed by atoms with Crippen LogP contribution in [0.25, 0.3) is 9.88 Å². The number of nitrogens with one attached hydrogen (secondary N) is 2. The summed E-state index contributed by atoms with van der Waals surface area (Å²) >= 11 is 2.43. The number of thiazole rings is 2. The molecule has 0 saturated heterocycles. The molecule has 3 N–H and O–H groups in total. The first-order valence-electron chi connectivity index (χ1n) is 9.86. The van der Waals surface area contributed by atoms with Gasteiger partial charge in [0.1, 0.15) is 5.01 Å². The lowest BCUT2D eigenvalue weighted by atomic mass is 10.0. The van der Waals surface area contributed by atoms with Crippen LogP contribution in [-0.2, 0) is 22.4 Å². The molecule has 0 aliphatic heterocycles. The van der Waals surface area contributed by atoms with Gasteiger partial charge in [-0.25, -0.2) is 19.0 Å². The molecular formula is C21H20N4O4S4. The van der Waals surface area contributed by atoms with Crippen molar-refractivity contribution in [2.45, 2.75) is 19.4 Å². The summed E-state index contributed by atoms with van der Waals surface area (Å²) in [6.07, 6.45) is 0.602. The van der Waals surface area contributed by atoms with Crippen molar-refractivity contribution in [1.29, 1.82) is 0 Å². The lowest BCUT2D eigenvalue weighted by Gasteiger charge is -2.17. The molecule has 12 heteroatoms. The van der Waals surface area contributed by atoms with Gasteiger partial charge >= 0.3 is 5.97 Å². The van der Waals surface area contributed by atoms with E-state index in [1.165, 1.54) is 11.3 Å². The average molecular weight is 521 g/mol. The number of ether oxygens (including phenoxy) is 1. The minimum atomic E-state index is -2.12. The molecule has 33 heavy (non-hydrogen) atoms. The first kappa shape index (κ1) is 23.5. The van der Waals surface area contributed by atoms with E-state index in [1.807, 2.05) is 35.0 Å². The van der Waals surface area contributed by atoms with Crippen LogP contribution >= 0.6 is 34.0 Å². The van der Waals surface area contributed by atoms with E-state index in [2.05, 4.69) is 15.0 Å². The van der Waals surface area contributed by atoms with Gasteiger partial charge in [-0.1, -0.05) is 18.2 Å². The lowest BCUT2D eigenvalue weighted by molar-refractivity contribution is 0.0520. The fourth-order valence-electron chi connectivity index (χ4n) is 3.02. The van der Waals surface area contributed by atoms with Crippen LogP contribution in [0.3, 0.4) is 0 Å². The van der Waals surface area contributed by atoms with Crippen LogP contribution in [0.4, 0.5) is 10.8 Å². The minimum Gasteiger partial charge on any atom is -0.461 e. The van der Waals surface area contributed by atoms with Crippen molar-refractivity contribution in [3.05, 3.63) is 69.5 Å². The Labute approximate surface area is 205 Å². The molecule has 8 nitrogen and oxygen atoms in total. The summed E-state index contributed by atoms with van der Waals surface area (Å²) < 4.78 is 27.4. The summed E-state index contributed by atoms with van der Waals surface area (Å²) in [5.74, 6) is -0.448. The second kappa shape index (κ2) is 11.0. The number of benzene rings is 1. The summed E-state index contributed by atoms with van der Waals surface area (Å²) in [5, 5.41) is 10.7. The van der Waals surface area contributed by atoms with Crippen LogP contribution in [0.2, 0.25) is 0 Å². The Morgan fingerprint density at radius 1 is 1.15 bits per heavy atom. The van der Waals surface area contributed by atoms with Crippen molar-refractivity contribution in [3.8, 4) is 9.88 Å². The van der Waals surface area contributed by atoms with Gasteiger partial charge in [0.05, 0.1) is 23.2 Å². The van der Waals surface area contributed by atoms with Crippen molar-refractivity contribution >= 4 is 62.1 Å². The molecule has 0 aliphatic rings. The third-order valence-corrected chi connectivity index (χ3v) is 7.58. The van der Waals surface area contributed by atoms with Gasteiger partial charge in [0.2, 0.25) is 0 Å². The number of aromatic nitrogens is 2. The maximum Gasteiger partial charge on any atom is 0.357 e. The minimum absolute atomic E-state index is 0.193. The monoisotopic (exact) mass is 520 g/mol. The fraction of sp³-hybridized carbons (Fsp3) is 0.190. The van der Waals surface area contributed by atoms with Gasteiger partial charge in [0, 0.05) is 16.4 Å². The highest BCUT2D eigenvalue weighted by molar-refractivity contribution is 7.80. The predicted molar refractivity (Wildman–Crippen MR) is 134 cm³/mol. The normalized spacial score (nSPS) is 12.8. The van der Waals surface area contributed by atoms with Crippen LogP contribution in [0, 0.1) is 0 Å². The SMILES string of the molecule is CCOC(=O)c1csc(N[C@@H](Cc2ccc(NS(=O)O)cc2)c2csc(-c3cccs3)n2)n1. The van der Waals surface area contributed by atoms with E-state index in [0.29, 0.717) is 23.8 Å². The third-order valence-electron chi connectivity index (χ3n) is 4.50. The maximum atomic E-state index is 12.0. The molecule has 4 rings (SSSR count). The van der Waals surface area contributed by atoms with Crippen LogP contribution in [-0.4, -0.2) is 31.3 Å². The summed E-state index contributed by atoms with van der Waals surface area (Å²) in [5.41, 5.74) is 2.70. The number of esters is 1. The zero-order valence-electron chi connectivity index (χ0n) is 17.4. The van der Waals surface area contributed by atoms with Crippen LogP contribution in [0.1, 0.15) is 34.7 Å². The summed E-state index contributed by atoms with van der Waals surface area (Å²) in [4.78, 5) is 22.3. The van der Waals surface area contributed by atoms with E-state index in [9.17, 15) is 9.00 Å². The number of rotatable bonds is 10. The maximum absolute atomic E-state index is 12.0. The molecule has 172 valence electrons. The number of anilines is 2. The van der Waals surface area contributed by atoms with E-state index >= 15 is 0 Å². The van der Waals surface area contributed by atoms with Crippen LogP contribution < -0.4 is 10.0 Å². The Morgan fingerprint density at radius 3 is 2.67 bits per heavy atom. The van der Waals surface area contributed by atoms with Crippen molar-refractivity contribution < 1.29 is 18.3 Å². The van der Waals surface area contributed by atoms with Gasteiger partial charge in [-0.05, 0) is 42.5 Å². The van der Waals surface area contributed by atoms with E-state index in [1.54, 1.807) is 47.1 Å². The number of hydrogen-bond donors (Lipinski definition) is 3. The summed E-state index contributed by atoms with van der Waals surface area (Å²) in [7, 11) is 0. The van der Waals surface area contributed by atoms with Gasteiger partial charge in [-0.15, -0.1) is 34.0 Å². The number of carbonyl (C=O) groups is 1. The Morgan fingerprint density at radius 2 is 1.97 bits per heavy atom. The topological polar surface area (TPSA) is 113 Å². The molecule has 3 aromatic heterocycles. The summed E-state index contributed by atoms with van der Waals surface area (Å²) in [6, 6.07) is 11.1. The van der Waals surface area contributed by atoms with Crippen molar-refractivity contribution in [2.24, 2.45) is 0 Å². The van der Waals surface area contributed by atoms with E-state index in [4.69, 9.17) is 14.3 Å². The molecular weight excluding hydrogens is 501 g/mol. The van der Waals surface area contributed by atoms with Crippen LogP contribution in [0.5, 0.6) is 0 Å². The molecule has 0 bridgehead atoms. The van der Waals surface area contributed by atoms with Gasteiger partial charge in [0.25, 0.3) is 11.3 Å². The molecule has 0 fully saturated rings. The standard InChI is InChI=1S/C21H20N4O4S4/c1-2-29-20(26)17-12-32-21(24-17)23-15(10-13-5-7-14(8-6-13)25-33(27)28)16-11-31-19(22-16)18-4-3-9-30-18/h3-9,11-12,15,25H,2,10H2,1H3,(H,23,24)(H,27,28)/t15-/m0/s1. The Bertz CT molecular complexity index is 1220. The molecule has 0 radical (unpaired) electrons. The number of nitrogens with zero attached hydrogens (tertiary/aromatic N) is 2. The highest BCUT2D eigenvalue weighted by Gasteiger charge is 2.20. The Kier molecular flexibility index (Phi) is 7.83. The largest absolute Gasteiger partial charge is 0.461 e. The average Bonchev–Trinajstić information content (AvgIpc) is 3.55. The van der Waals surface area contributed by atoms with Gasteiger partial charge in [-0.3, -0.25) is 9.27 Å². The molecule has 0 amide bonds. The smallest absolute Gasteiger partial charge is 0.357 e. The quantitative estimate of drug-likeness (QED) is 0.188. The zero-order chi connectivity index (χ0) is 23.2. The molecule has 3 heterocycles. The van der Waals surface area contributed by atoms with Crippen LogP contribution in [0.15, 0.2) is 52.5 Å². The van der Waals surface area contributed by atoms with E-state index in [0.717, 1.165) is 21.1 Å². The first-order chi connectivity index (χ1) is 16.0. The Hall–Kier alpha value is -2.64.